The van der Waals surface area contributed by atoms with Gasteiger partial charge in [-0.05, 0) is 42.3 Å². The van der Waals surface area contributed by atoms with E-state index < -0.39 is 5.41 Å². The van der Waals surface area contributed by atoms with Crippen molar-refractivity contribution in [3.05, 3.63) is 83.2 Å². The number of pyridine rings is 1. The molecule has 1 amide bonds. The lowest BCUT2D eigenvalue weighted by molar-refractivity contribution is -0.122. The summed E-state index contributed by atoms with van der Waals surface area (Å²) in [5, 5.41) is 0. The molecular formula is C26H24N2O4. The Morgan fingerprint density at radius 2 is 1.97 bits per heavy atom. The van der Waals surface area contributed by atoms with Gasteiger partial charge in [0, 0.05) is 29.9 Å². The van der Waals surface area contributed by atoms with Gasteiger partial charge in [-0.2, -0.15) is 0 Å². The first-order chi connectivity index (χ1) is 15.7. The monoisotopic (exact) mass is 428 g/mol. The zero-order chi connectivity index (χ0) is 21.7. The van der Waals surface area contributed by atoms with E-state index in [9.17, 15) is 4.79 Å². The van der Waals surface area contributed by atoms with E-state index >= 15 is 0 Å². The number of anilines is 1. The molecule has 6 rings (SSSR count). The summed E-state index contributed by atoms with van der Waals surface area (Å²) >= 11 is 0. The summed E-state index contributed by atoms with van der Waals surface area (Å²) in [7, 11) is 0. The van der Waals surface area contributed by atoms with E-state index in [4.69, 9.17) is 14.2 Å². The summed E-state index contributed by atoms with van der Waals surface area (Å²) in [6, 6.07) is 17.9. The van der Waals surface area contributed by atoms with Gasteiger partial charge in [0.05, 0.1) is 31.6 Å². The van der Waals surface area contributed by atoms with Gasteiger partial charge >= 0.3 is 0 Å². The van der Waals surface area contributed by atoms with Crippen molar-refractivity contribution in [2.75, 3.05) is 24.7 Å². The number of hydrogen-bond acceptors (Lipinski definition) is 5. The summed E-state index contributed by atoms with van der Waals surface area (Å²) in [5.74, 6) is 1.66. The number of rotatable bonds is 5. The van der Waals surface area contributed by atoms with Gasteiger partial charge in [0.25, 0.3) is 0 Å². The molecule has 162 valence electrons. The van der Waals surface area contributed by atoms with Crippen LogP contribution in [0.1, 0.15) is 29.3 Å². The highest BCUT2D eigenvalue weighted by Crippen LogP contribution is 2.53. The first-order valence-electron chi connectivity index (χ1n) is 11.0. The minimum absolute atomic E-state index is 0.0459. The number of ether oxygens (including phenoxy) is 3. The highest BCUT2D eigenvalue weighted by atomic mass is 16.5. The summed E-state index contributed by atoms with van der Waals surface area (Å²) in [6.07, 6.45) is 2.46. The molecule has 2 aromatic carbocycles. The van der Waals surface area contributed by atoms with Crippen molar-refractivity contribution in [3.8, 4) is 11.5 Å². The van der Waals surface area contributed by atoms with Gasteiger partial charge in [0.15, 0.2) is 0 Å². The molecule has 0 fully saturated rings. The second-order valence-corrected chi connectivity index (χ2v) is 8.62. The number of nitrogens with zero attached hydrogens (tertiary/aromatic N) is 2. The second-order valence-electron chi connectivity index (χ2n) is 8.62. The summed E-state index contributed by atoms with van der Waals surface area (Å²) in [5.41, 5.74) is 4.08. The molecule has 0 bridgehead atoms. The molecule has 3 aliphatic rings. The average Bonchev–Trinajstić information content (AvgIpc) is 3.50. The van der Waals surface area contributed by atoms with Gasteiger partial charge in [0.1, 0.15) is 23.5 Å². The van der Waals surface area contributed by atoms with Crippen LogP contribution in [0.2, 0.25) is 0 Å². The SMILES string of the molecule is CC(CN1C(=O)C2(COc3cc4c(cc32)CCO4)c2ccccc21)OCc1ccccn1. The molecule has 1 aromatic heterocycles. The molecule has 0 aliphatic carbocycles. The number of hydrogen-bond donors (Lipinski definition) is 0. The van der Waals surface area contributed by atoms with Gasteiger partial charge < -0.3 is 19.1 Å². The molecule has 1 spiro atoms. The van der Waals surface area contributed by atoms with E-state index in [2.05, 4.69) is 17.1 Å². The molecule has 6 nitrogen and oxygen atoms in total. The first kappa shape index (κ1) is 19.3. The number of aromatic nitrogens is 1. The Kier molecular flexibility index (Phi) is 4.43. The number of amides is 1. The maximum absolute atomic E-state index is 14.0. The van der Waals surface area contributed by atoms with Gasteiger partial charge in [0.2, 0.25) is 5.91 Å². The van der Waals surface area contributed by atoms with Crippen molar-refractivity contribution in [1.82, 2.24) is 4.98 Å². The summed E-state index contributed by atoms with van der Waals surface area (Å²) in [6.45, 7) is 3.85. The van der Waals surface area contributed by atoms with E-state index in [0.717, 1.165) is 46.0 Å². The van der Waals surface area contributed by atoms with Gasteiger partial charge in [-0.15, -0.1) is 0 Å². The Labute approximate surface area is 186 Å². The lowest BCUT2D eigenvalue weighted by Gasteiger charge is -2.25. The van der Waals surface area contributed by atoms with Gasteiger partial charge in [-0.25, -0.2) is 0 Å². The quantitative estimate of drug-likeness (QED) is 0.621. The molecule has 2 atom stereocenters. The van der Waals surface area contributed by atoms with Gasteiger partial charge in [-0.1, -0.05) is 24.3 Å². The molecule has 4 heterocycles. The lowest BCUT2D eigenvalue weighted by Crippen LogP contribution is -2.45. The smallest absolute Gasteiger partial charge is 0.245 e. The fourth-order valence-electron chi connectivity index (χ4n) is 5.05. The molecule has 0 saturated heterocycles. The third-order valence-corrected chi connectivity index (χ3v) is 6.64. The van der Waals surface area contributed by atoms with E-state index in [0.29, 0.717) is 26.4 Å². The fourth-order valence-corrected chi connectivity index (χ4v) is 5.05. The van der Waals surface area contributed by atoms with E-state index in [1.165, 1.54) is 0 Å². The highest BCUT2D eigenvalue weighted by Gasteiger charge is 2.57. The van der Waals surface area contributed by atoms with Crippen LogP contribution in [-0.2, 0) is 28.0 Å². The maximum Gasteiger partial charge on any atom is 0.245 e. The fraction of sp³-hybridized carbons (Fsp3) is 0.308. The largest absolute Gasteiger partial charge is 0.493 e. The van der Waals surface area contributed by atoms with Crippen molar-refractivity contribution < 1.29 is 19.0 Å². The van der Waals surface area contributed by atoms with Crippen LogP contribution in [0.4, 0.5) is 5.69 Å². The Hall–Kier alpha value is -3.38. The van der Waals surface area contributed by atoms with Gasteiger partial charge in [-0.3, -0.25) is 9.78 Å². The molecule has 2 unspecified atom stereocenters. The molecular weight excluding hydrogens is 404 g/mol. The molecule has 3 aliphatic heterocycles. The molecule has 6 heteroatoms. The number of fused-ring (bicyclic) bond motifs is 5. The van der Waals surface area contributed by atoms with Crippen molar-refractivity contribution in [1.29, 1.82) is 0 Å². The molecule has 0 radical (unpaired) electrons. The topological polar surface area (TPSA) is 60.9 Å². The average molecular weight is 428 g/mol. The zero-order valence-corrected chi connectivity index (χ0v) is 17.9. The third-order valence-electron chi connectivity index (χ3n) is 6.64. The number of carbonyl (C=O) groups is 1. The summed E-state index contributed by atoms with van der Waals surface area (Å²) in [4.78, 5) is 20.2. The Morgan fingerprint density at radius 1 is 1.09 bits per heavy atom. The first-order valence-corrected chi connectivity index (χ1v) is 11.0. The van der Waals surface area contributed by atoms with Crippen LogP contribution >= 0.6 is 0 Å². The van der Waals surface area contributed by atoms with Crippen LogP contribution in [0.15, 0.2) is 60.8 Å². The van der Waals surface area contributed by atoms with Crippen LogP contribution in [0.5, 0.6) is 11.5 Å². The van der Waals surface area contributed by atoms with Crippen molar-refractivity contribution >= 4 is 11.6 Å². The maximum atomic E-state index is 14.0. The predicted molar refractivity (Wildman–Crippen MR) is 119 cm³/mol. The van der Waals surface area contributed by atoms with Crippen LogP contribution < -0.4 is 14.4 Å². The lowest BCUT2D eigenvalue weighted by atomic mass is 9.76. The number of para-hydroxylation sites is 1. The Bertz CT molecular complexity index is 1200. The standard InChI is InChI=1S/C26H24N2O4/c1-17(31-15-19-6-4-5-10-27-19)14-28-22-8-3-2-7-20(22)26(25(28)29)16-32-24-13-23-18(9-11-30-23)12-21(24)26/h2-8,10,12-13,17H,9,11,14-16H2,1H3. The normalized spacial score (nSPS) is 21.2. The minimum Gasteiger partial charge on any atom is -0.493 e. The van der Waals surface area contributed by atoms with E-state index in [1.54, 1.807) is 6.20 Å². The van der Waals surface area contributed by atoms with E-state index in [-0.39, 0.29) is 12.0 Å². The van der Waals surface area contributed by atoms with Crippen molar-refractivity contribution in [2.24, 2.45) is 0 Å². The number of benzene rings is 2. The van der Waals surface area contributed by atoms with Crippen molar-refractivity contribution in [3.63, 3.8) is 0 Å². The Balaban J connectivity index is 1.32. The predicted octanol–water partition coefficient (Wildman–Crippen LogP) is 3.65. The van der Waals surface area contributed by atoms with Crippen LogP contribution in [-0.4, -0.2) is 36.8 Å². The second kappa shape index (κ2) is 7.35. The Morgan fingerprint density at radius 3 is 2.84 bits per heavy atom. The van der Waals surface area contributed by atoms with Crippen LogP contribution in [0, 0.1) is 0 Å². The molecule has 0 N–H and O–H groups in total. The minimum atomic E-state index is -0.815. The molecule has 3 aromatic rings. The van der Waals surface area contributed by atoms with Crippen molar-refractivity contribution in [2.45, 2.75) is 31.5 Å². The highest BCUT2D eigenvalue weighted by molar-refractivity contribution is 6.11. The van der Waals surface area contributed by atoms with E-state index in [1.807, 2.05) is 54.3 Å². The number of carbonyl (C=O) groups excluding carboxylic acids is 1. The molecule has 32 heavy (non-hydrogen) atoms. The molecule has 0 saturated carbocycles. The van der Waals surface area contributed by atoms with Crippen LogP contribution in [0.25, 0.3) is 0 Å². The zero-order valence-electron chi connectivity index (χ0n) is 17.9. The summed E-state index contributed by atoms with van der Waals surface area (Å²) < 4.78 is 17.8. The van der Waals surface area contributed by atoms with Crippen LogP contribution in [0.3, 0.4) is 0 Å². The third kappa shape index (κ3) is 2.83.